The van der Waals surface area contributed by atoms with Crippen LogP contribution in [0, 0.1) is 6.92 Å². The Bertz CT molecular complexity index is 1230. The lowest BCUT2D eigenvalue weighted by Crippen LogP contribution is -2.56. The first kappa shape index (κ1) is 21.6. The van der Waals surface area contributed by atoms with Gasteiger partial charge in [-0.25, -0.2) is 14.0 Å². The van der Waals surface area contributed by atoms with Gasteiger partial charge in [0.15, 0.2) is 0 Å². The third kappa shape index (κ3) is 3.97. The van der Waals surface area contributed by atoms with Gasteiger partial charge < -0.3 is 14.5 Å². The van der Waals surface area contributed by atoms with E-state index in [9.17, 15) is 14.4 Å². The lowest BCUT2D eigenvalue weighted by Gasteiger charge is -2.40. The molecule has 3 aromatic heterocycles. The first-order chi connectivity index (χ1) is 15.0. The van der Waals surface area contributed by atoms with Crippen molar-refractivity contribution >= 4 is 17.5 Å². The number of carbonyl (C=O) groups is 2. The molecular weight excluding hydrogens is 414 g/mol. The minimum absolute atomic E-state index is 0.186. The maximum atomic E-state index is 13.3. The zero-order chi connectivity index (χ0) is 23.2. The van der Waals surface area contributed by atoms with E-state index in [1.54, 1.807) is 35.1 Å². The zero-order valence-electron chi connectivity index (χ0n) is 18.8. The second-order valence-electron chi connectivity index (χ2n) is 8.95. The van der Waals surface area contributed by atoms with Crippen LogP contribution in [0.2, 0.25) is 0 Å². The summed E-state index contributed by atoms with van der Waals surface area (Å²) in [5.74, 6) is 0.0347. The van der Waals surface area contributed by atoms with Crippen molar-refractivity contribution < 1.29 is 14.3 Å². The van der Waals surface area contributed by atoms with E-state index in [2.05, 4.69) is 15.2 Å². The molecule has 11 nitrogen and oxygen atoms in total. The van der Waals surface area contributed by atoms with Crippen LogP contribution < -0.4 is 5.56 Å². The van der Waals surface area contributed by atoms with Gasteiger partial charge in [-0.2, -0.15) is 5.10 Å². The Morgan fingerprint density at radius 3 is 2.69 bits per heavy atom. The van der Waals surface area contributed by atoms with Crippen LogP contribution in [0.5, 0.6) is 0 Å². The number of H-pyrrole nitrogens is 1. The fraction of sp³-hybridized carbons (Fsp3) is 0.476. The van der Waals surface area contributed by atoms with Crippen molar-refractivity contribution in [1.82, 2.24) is 34.2 Å². The predicted octanol–water partition coefficient (Wildman–Crippen LogP) is 1.60. The van der Waals surface area contributed by atoms with E-state index in [1.165, 1.54) is 15.4 Å². The Kier molecular flexibility index (Phi) is 5.27. The first-order valence-electron chi connectivity index (χ1n) is 10.5. The predicted molar refractivity (Wildman–Crippen MR) is 116 cm³/mol. The minimum Gasteiger partial charge on any atom is -0.444 e. The number of aromatic amines is 1. The molecule has 0 bridgehead atoms. The van der Waals surface area contributed by atoms with Gasteiger partial charge >= 0.3 is 6.09 Å². The van der Waals surface area contributed by atoms with E-state index < -0.39 is 5.60 Å². The Morgan fingerprint density at radius 1 is 1.25 bits per heavy atom. The van der Waals surface area contributed by atoms with Gasteiger partial charge in [0.05, 0.1) is 17.5 Å². The van der Waals surface area contributed by atoms with Crippen molar-refractivity contribution in [3.05, 3.63) is 46.1 Å². The molecule has 0 saturated carbocycles. The standard InChI is InChI=1S/C21H27N7O4/c1-13-12-25(20(31)32-21(3,4)5)9-10-26(13)18(30)15-11-22-28(14(15)2)19-23-17(29)16-7-6-8-27(16)24-19/h6-8,11,13H,9-10,12H2,1-5H3,(H,23,24,29)/t13-/m0/s1. The number of carbonyl (C=O) groups excluding carboxylic acids is 2. The van der Waals surface area contributed by atoms with Gasteiger partial charge in [-0.05, 0) is 46.8 Å². The Labute approximate surface area is 184 Å². The third-order valence-corrected chi connectivity index (χ3v) is 5.37. The van der Waals surface area contributed by atoms with Crippen LogP contribution in [0.3, 0.4) is 0 Å². The number of nitrogens with zero attached hydrogens (tertiary/aromatic N) is 6. The Hall–Kier alpha value is -3.63. The summed E-state index contributed by atoms with van der Waals surface area (Å²) in [6, 6.07) is 3.20. The van der Waals surface area contributed by atoms with Gasteiger partial charge in [0.25, 0.3) is 11.5 Å². The van der Waals surface area contributed by atoms with Gasteiger partial charge in [-0.15, -0.1) is 5.10 Å². The number of amides is 2. The van der Waals surface area contributed by atoms with Gasteiger partial charge in [0.1, 0.15) is 11.1 Å². The van der Waals surface area contributed by atoms with Crippen molar-refractivity contribution in [1.29, 1.82) is 0 Å². The van der Waals surface area contributed by atoms with Crippen LogP contribution in [-0.4, -0.2) is 77.5 Å². The molecule has 4 heterocycles. The largest absolute Gasteiger partial charge is 0.444 e. The molecule has 0 aliphatic carbocycles. The number of hydrogen-bond acceptors (Lipinski definition) is 6. The highest BCUT2D eigenvalue weighted by Gasteiger charge is 2.33. The fourth-order valence-corrected chi connectivity index (χ4v) is 3.77. The molecule has 1 aliphatic rings. The molecule has 2 amide bonds. The van der Waals surface area contributed by atoms with Gasteiger partial charge in [-0.1, -0.05) is 0 Å². The average Bonchev–Trinajstić information content (AvgIpc) is 3.32. The number of fused-ring (bicyclic) bond motifs is 1. The van der Waals surface area contributed by atoms with Crippen LogP contribution in [0.1, 0.15) is 43.7 Å². The number of hydrogen-bond donors (Lipinski definition) is 1. The van der Waals surface area contributed by atoms with E-state index in [0.29, 0.717) is 36.4 Å². The quantitative estimate of drug-likeness (QED) is 0.645. The fourth-order valence-electron chi connectivity index (χ4n) is 3.77. The molecule has 1 N–H and O–H groups in total. The summed E-state index contributed by atoms with van der Waals surface area (Å²) in [6.07, 6.45) is 2.77. The Balaban J connectivity index is 1.53. The third-order valence-electron chi connectivity index (χ3n) is 5.37. The van der Waals surface area contributed by atoms with Crippen molar-refractivity contribution in [2.45, 2.75) is 46.3 Å². The van der Waals surface area contributed by atoms with Crippen LogP contribution in [0.15, 0.2) is 29.3 Å². The highest BCUT2D eigenvalue weighted by atomic mass is 16.6. The highest BCUT2D eigenvalue weighted by molar-refractivity contribution is 5.95. The second kappa shape index (κ2) is 7.81. The van der Waals surface area contributed by atoms with E-state index in [4.69, 9.17) is 4.74 Å². The zero-order valence-corrected chi connectivity index (χ0v) is 18.8. The number of nitrogens with one attached hydrogen (secondary N) is 1. The molecule has 1 aliphatic heterocycles. The lowest BCUT2D eigenvalue weighted by molar-refractivity contribution is 0.00615. The maximum absolute atomic E-state index is 13.3. The summed E-state index contributed by atoms with van der Waals surface area (Å²) in [5, 5.41) is 8.65. The SMILES string of the molecule is Cc1c(C(=O)N2CCN(C(=O)OC(C)(C)C)C[C@@H]2C)cnn1-c1nn2cccc2c(=O)[nH]1. The topological polar surface area (TPSA) is 118 Å². The first-order valence-corrected chi connectivity index (χ1v) is 10.5. The van der Waals surface area contributed by atoms with Crippen molar-refractivity contribution in [2.24, 2.45) is 0 Å². The number of rotatable bonds is 2. The smallest absolute Gasteiger partial charge is 0.410 e. The molecule has 1 fully saturated rings. The average molecular weight is 441 g/mol. The monoisotopic (exact) mass is 441 g/mol. The number of piperazine rings is 1. The summed E-state index contributed by atoms with van der Waals surface area (Å²) < 4.78 is 8.35. The second-order valence-corrected chi connectivity index (χ2v) is 8.95. The van der Waals surface area contributed by atoms with Gasteiger partial charge in [0, 0.05) is 31.9 Å². The summed E-state index contributed by atoms with van der Waals surface area (Å²) in [6.45, 7) is 10.3. The van der Waals surface area contributed by atoms with Crippen LogP contribution in [0.4, 0.5) is 4.79 Å². The molecular formula is C21H27N7O4. The molecule has 170 valence electrons. The molecule has 0 aromatic carbocycles. The van der Waals surface area contributed by atoms with Crippen LogP contribution in [0.25, 0.3) is 11.5 Å². The van der Waals surface area contributed by atoms with Crippen molar-refractivity contribution in [2.75, 3.05) is 19.6 Å². The van der Waals surface area contributed by atoms with Crippen molar-refractivity contribution in [3.8, 4) is 5.95 Å². The molecule has 3 aromatic rings. The summed E-state index contributed by atoms with van der Waals surface area (Å²) in [4.78, 5) is 43.9. The Morgan fingerprint density at radius 2 is 2.00 bits per heavy atom. The van der Waals surface area contributed by atoms with Crippen molar-refractivity contribution in [3.63, 3.8) is 0 Å². The molecule has 0 unspecified atom stereocenters. The molecule has 0 spiro atoms. The summed E-state index contributed by atoms with van der Waals surface area (Å²) in [7, 11) is 0. The normalized spacial score (nSPS) is 17.1. The molecule has 32 heavy (non-hydrogen) atoms. The van der Waals surface area contributed by atoms with Crippen LogP contribution in [-0.2, 0) is 4.74 Å². The lowest BCUT2D eigenvalue weighted by atomic mass is 10.1. The van der Waals surface area contributed by atoms with Gasteiger partial charge in [0.2, 0.25) is 5.95 Å². The van der Waals surface area contributed by atoms with E-state index in [-0.39, 0.29) is 29.5 Å². The highest BCUT2D eigenvalue weighted by Crippen LogP contribution is 2.19. The van der Waals surface area contributed by atoms with E-state index >= 15 is 0 Å². The molecule has 4 rings (SSSR count). The molecule has 1 saturated heterocycles. The molecule has 11 heteroatoms. The van der Waals surface area contributed by atoms with Gasteiger partial charge in [-0.3, -0.25) is 14.6 Å². The minimum atomic E-state index is -0.572. The molecule has 1 atom stereocenters. The molecule has 0 radical (unpaired) electrons. The summed E-state index contributed by atoms with van der Waals surface area (Å²) in [5.41, 5.74) is 0.530. The van der Waals surface area contributed by atoms with E-state index in [0.717, 1.165) is 0 Å². The number of ether oxygens (including phenoxy) is 1. The maximum Gasteiger partial charge on any atom is 0.410 e. The summed E-state index contributed by atoms with van der Waals surface area (Å²) >= 11 is 0. The van der Waals surface area contributed by atoms with Crippen LogP contribution >= 0.6 is 0 Å². The van der Waals surface area contributed by atoms with E-state index in [1.807, 2.05) is 27.7 Å². The number of aromatic nitrogens is 5.